The lowest BCUT2D eigenvalue weighted by Gasteiger charge is -2.19. The van der Waals surface area contributed by atoms with Crippen LogP contribution in [0.2, 0.25) is 0 Å². The standard InChI is InChI=1S/C25H27N3O2/c1-4-5-8-18-11-13-19(14-12-18)27-24(29)21(15-26)23-20-9-6-7-10-22(20)28(25(23)30)16-17(2)3/h6-7,9-14,17H,4-5,8,16H2,1-3H3,(H,27,29). The fourth-order valence-electron chi connectivity index (χ4n) is 3.62. The molecule has 0 saturated heterocycles. The van der Waals surface area contributed by atoms with E-state index in [1.807, 2.05) is 62.4 Å². The molecule has 1 aliphatic heterocycles. The molecule has 2 amide bonds. The second-order valence-corrected chi connectivity index (χ2v) is 7.94. The largest absolute Gasteiger partial charge is 0.321 e. The number of aryl methyl sites for hydroxylation is 1. The monoisotopic (exact) mass is 401 g/mol. The molecular weight excluding hydrogens is 374 g/mol. The van der Waals surface area contributed by atoms with E-state index in [1.165, 1.54) is 5.56 Å². The predicted octanol–water partition coefficient (Wildman–Crippen LogP) is 4.95. The number of carbonyl (C=O) groups excluding carboxylic acids is 2. The average Bonchev–Trinajstić information content (AvgIpc) is 3.00. The lowest BCUT2D eigenvalue weighted by atomic mass is 10.0. The van der Waals surface area contributed by atoms with Crippen molar-refractivity contribution in [3.63, 3.8) is 0 Å². The number of carbonyl (C=O) groups is 2. The first-order chi connectivity index (χ1) is 14.5. The van der Waals surface area contributed by atoms with Crippen molar-refractivity contribution in [1.29, 1.82) is 5.26 Å². The molecule has 1 N–H and O–H groups in total. The van der Waals surface area contributed by atoms with E-state index in [4.69, 9.17) is 0 Å². The van der Waals surface area contributed by atoms with Crippen LogP contribution in [0.25, 0.3) is 5.57 Å². The quantitative estimate of drug-likeness (QED) is 0.527. The van der Waals surface area contributed by atoms with Crippen molar-refractivity contribution < 1.29 is 9.59 Å². The van der Waals surface area contributed by atoms with Gasteiger partial charge in [0.1, 0.15) is 11.6 Å². The number of fused-ring (bicyclic) bond motifs is 1. The van der Waals surface area contributed by atoms with Crippen molar-refractivity contribution in [2.45, 2.75) is 40.0 Å². The highest BCUT2D eigenvalue weighted by Crippen LogP contribution is 2.38. The molecule has 1 heterocycles. The second-order valence-electron chi connectivity index (χ2n) is 7.94. The Hall–Kier alpha value is -3.39. The van der Waals surface area contributed by atoms with Crippen molar-refractivity contribution >= 4 is 28.8 Å². The Balaban J connectivity index is 1.91. The van der Waals surface area contributed by atoms with Crippen LogP contribution in [0, 0.1) is 17.2 Å². The van der Waals surface area contributed by atoms with E-state index in [0.717, 1.165) is 24.9 Å². The first kappa shape index (κ1) is 21.3. The van der Waals surface area contributed by atoms with Crippen molar-refractivity contribution in [2.75, 3.05) is 16.8 Å². The first-order valence-electron chi connectivity index (χ1n) is 10.4. The summed E-state index contributed by atoms with van der Waals surface area (Å²) in [5, 5.41) is 12.5. The summed E-state index contributed by atoms with van der Waals surface area (Å²) < 4.78 is 0. The maximum atomic E-state index is 13.1. The highest BCUT2D eigenvalue weighted by Gasteiger charge is 2.36. The molecule has 30 heavy (non-hydrogen) atoms. The molecule has 0 fully saturated rings. The normalized spacial score (nSPS) is 14.5. The number of benzene rings is 2. The Bertz CT molecular complexity index is 1010. The molecule has 0 aromatic heterocycles. The van der Waals surface area contributed by atoms with Gasteiger partial charge in [-0.05, 0) is 42.5 Å². The smallest absolute Gasteiger partial charge is 0.267 e. The van der Waals surface area contributed by atoms with Gasteiger partial charge in [-0.2, -0.15) is 5.26 Å². The van der Waals surface area contributed by atoms with Gasteiger partial charge < -0.3 is 10.2 Å². The van der Waals surface area contributed by atoms with Gasteiger partial charge in [0.2, 0.25) is 0 Å². The van der Waals surface area contributed by atoms with Crippen LogP contribution in [0.3, 0.4) is 0 Å². The zero-order valence-electron chi connectivity index (χ0n) is 17.7. The number of anilines is 2. The molecule has 0 aliphatic carbocycles. The zero-order valence-corrected chi connectivity index (χ0v) is 17.7. The minimum atomic E-state index is -0.566. The molecule has 0 spiro atoms. The first-order valence-corrected chi connectivity index (χ1v) is 10.4. The van der Waals surface area contributed by atoms with E-state index in [0.29, 0.717) is 17.8 Å². The average molecular weight is 402 g/mol. The van der Waals surface area contributed by atoms with E-state index in [9.17, 15) is 14.9 Å². The summed E-state index contributed by atoms with van der Waals surface area (Å²) in [6.45, 7) is 6.73. The van der Waals surface area contributed by atoms with Crippen LogP contribution in [-0.2, 0) is 16.0 Å². The Morgan fingerprint density at radius 2 is 1.83 bits per heavy atom. The molecular formula is C25H27N3O2. The summed E-state index contributed by atoms with van der Waals surface area (Å²) in [6, 6.07) is 16.9. The highest BCUT2D eigenvalue weighted by molar-refractivity contribution is 6.37. The fourth-order valence-corrected chi connectivity index (χ4v) is 3.62. The van der Waals surface area contributed by atoms with Crippen molar-refractivity contribution in [3.8, 4) is 6.07 Å². The molecule has 0 unspecified atom stereocenters. The van der Waals surface area contributed by atoms with Crippen LogP contribution in [0.4, 0.5) is 11.4 Å². The number of nitriles is 1. The number of rotatable bonds is 7. The van der Waals surface area contributed by atoms with E-state index < -0.39 is 5.91 Å². The maximum absolute atomic E-state index is 13.1. The Morgan fingerprint density at radius 3 is 2.47 bits per heavy atom. The second kappa shape index (κ2) is 9.41. The molecule has 5 nitrogen and oxygen atoms in total. The predicted molar refractivity (Wildman–Crippen MR) is 120 cm³/mol. The molecule has 3 rings (SSSR count). The molecule has 2 aromatic carbocycles. The third-order valence-electron chi connectivity index (χ3n) is 5.09. The number of nitrogens with one attached hydrogen (secondary N) is 1. The van der Waals surface area contributed by atoms with Crippen LogP contribution in [0.5, 0.6) is 0 Å². The number of para-hydroxylation sites is 1. The Labute approximate surface area is 178 Å². The lowest BCUT2D eigenvalue weighted by Crippen LogP contribution is -2.31. The number of amides is 2. The minimum absolute atomic E-state index is 0.159. The van der Waals surface area contributed by atoms with Crippen molar-refractivity contribution in [1.82, 2.24) is 0 Å². The van der Waals surface area contributed by atoms with Gasteiger partial charge in [-0.25, -0.2) is 0 Å². The minimum Gasteiger partial charge on any atom is -0.321 e. The molecule has 0 bridgehead atoms. The molecule has 2 aromatic rings. The summed E-state index contributed by atoms with van der Waals surface area (Å²) in [7, 11) is 0. The van der Waals surface area contributed by atoms with Gasteiger partial charge in [-0.3, -0.25) is 9.59 Å². The lowest BCUT2D eigenvalue weighted by molar-refractivity contribution is -0.114. The Kier molecular flexibility index (Phi) is 6.68. The molecule has 154 valence electrons. The van der Waals surface area contributed by atoms with E-state index in [1.54, 1.807) is 11.0 Å². The van der Waals surface area contributed by atoms with E-state index in [-0.39, 0.29) is 23.0 Å². The van der Waals surface area contributed by atoms with Gasteiger partial charge >= 0.3 is 0 Å². The van der Waals surface area contributed by atoms with Crippen LogP contribution in [-0.4, -0.2) is 18.4 Å². The van der Waals surface area contributed by atoms with Crippen molar-refractivity contribution in [2.24, 2.45) is 5.92 Å². The molecule has 0 atom stereocenters. The molecule has 0 saturated carbocycles. The molecule has 5 heteroatoms. The van der Waals surface area contributed by atoms with Gasteiger partial charge in [0, 0.05) is 17.8 Å². The van der Waals surface area contributed by atoms with Crippen molar-refractivity contribution in [3.05, 3.63) is 65.2 Å². The van der Waals surface area contributed by atoms with Crippen LogP contribution in [0.15, 0.2) is 54.1 Å². The fraction of sp³-hybridized carbons (Fsp3) is 0.320. The SMILES string of the molecule is CCCCc1ccc(NC(=O)C(C#N)=C2C(=O)N(CC(C)C)c3ccccc32)cc1. The Morgan fingerprint density at radius 1 is 1.13 bits per heavy atom. The van der Waals surface area contributed by atoms with Gasteiger partial charge in [-0.15, -0.1) is 0 Å². The van der Waals surface area contributed by atoms with Gasteiger partial charge in [0.15, 0.2) is 0 Å². The maximum Gasteiger partial charge on any atom is 0.267 e. The number of nitrogens with zero attached hydrogens (tertiary/aromatic N) is 2. The summed E-state index contributed by atoms with van der Waals surface area (Å²) in [4.78, 5) is 27.7. The molecule has 0 radical (unpaired) electrons. The topological polar surface area (TPSA) is 73.2 Å². The highest BCUT2D eigenvalue weighted by atomic mass is 16.2. The summed E-state index contributed by atoms with van der Waals surface area (Å²) >= 11 is 0. The third-order valence-corrected chi connectivity index (χ3v) is 5.09. The number of unbranched alkanes of at least 4 members (excludes halogenated alkanes) is 1. The van der Waals surface area contributed by atoms with Gasteiger partial charge in [-0.1, -0.05) is 57.5 Å². The molecule has 1 aliphatic rings. The van der Waals surface area contributed by atoms with Crippen LogP contribution in [0.1, 0.15) is 44.7 Å². The van der Waals surface area contributed by atoms with Crippen LogP contribution < -0.4 is 10.2 Å². The van der Waals surface area contributed by atoms with Gasteiger partial charge in [0.05, 0.1) is 11.3 Å². The van der Waals surface area contributed by atoms with Crippen LogP contribution >= 0.6 is 0 Å². The summed E-state index contributed by atoms with van der Waals surface area (Å²) in [5.74, 6) is -0.609. The summed E-state index contributed by atoms with van der Waals surface area (Å²) in [5.41, 5.74) is 3.20. The van der Waals surface area contributed by atoms with E-state index in [2.05, 4.69) is 12.2 Å². The van der Waals surface area contributed by atoms with E-state index >= 15 is 0 Å². The van der Waals surface area contributed by atoms with Gasteiger partial charge in [0.25, 0.3) is 11.8 Å². The zero-order chi connectivity index (χ0) is 21.7. The summed E-state index contributed by atoms with van der Waals surface area (Å²) in [6.07, 6.45) is 3.24. The number of hydrogen-bond donors (Lipinski definition) is 1. The third kappa shape index (κ3) is 4.44. The number of hydrogen-bond acceptors (Lipinski definition) is 3.